The van der Waals surface area contributed by atoms with Crippen LogP contribution in [-0.2, 0) is 0 Å². The molecule has 0 amide bonds. The van der Waals surface area contributed by atoms with E-state index in [-0.39, 0.29) is 0 Å². The predicted molar refractivity (Wildman–Crippen MR) is 131 cm³/mol. The maximum absolute atomic E-state index is 6.51. The van der Waals surface area contributed by atoms with Gasteiger partial charge < -0.3 is 4.90 Å². The van der Waals surface area contributed by atoms with Crippen LogP contribution in [0.5, 0.6) is 0 Å². The molecule has 158 valence electrons. The third-order valence-electron chi connectivity index (χ3n) is 6.00. The summed E-state index contributed by atoms with van der Waals surface area (Å²) in [7, 11) is 0. The number of thiazole rings is 1. The lowest BCUT2D eigenvalue weighted by atomic mass is 9.90. The van der Waals surface area contributed by atoms with Gasteiger partial charge in [0.25, 0.3) is 0 Å². The summed E-state index contributed by atoms with van der Waals surface area (Å²) in [4.78, 5) is 8.86. The number of rotatable bonds is 7. The Hall–Kier alpha value is -1.55. The van der Waals surface area contributed by atoms with Crippen molar-refractivity contribution < 1.29 is 0 Å². The Morgan fingerprint density at radius 3 is 2.50 bits per heavy atom. The third-order valence-corrected chi connectivity index (χ3v) is 7.56. The zero-order valence-corrected chi connectivity index (χ0v) is 19.9. The van der Waals surface area contributed by atoms with E-state index in [4.69, 9.17) is 28.2 Å². The van der Waals surface area contributed by atoms with Crippen molar-refractivity contribution in [1.82, 2.24) is 4.98 Å². The van der Waals surface area contributed by atoms with Gasteiger partial charge in [-0.15, -0.1) is 11.3 Å². The quantitative estimate of drug-likeness (QED) is 0.352. The van der Waals surface area contributed by atoms with Crippen LogP contribution < -0.4 is 4.90 Å². The maximum Gasteiger partial charge on any atom is 0.186 e. The second-order valence-corrected chi connectivity index (χ2v) is 10.1. The van der Waals surface area contributed by atoms with E-state index in [1.807, 2.05) is 12.1 Å². The standard InChI is InChI=1S/C25H28Cl2N2S/c1-3-15-29(24(19-11-7-8-12-19)18-9-5-4-6-10-18)25-28-23(17(2)30-25)21-14-13-20(26)16-22(21)27/h4-6,9-10,13-14,16,19,24H,3,7-8,11-12,15H2,1-2H3. The highest BCUT2D eigenvalue weighted by Gasteiger charge is 2.33. The lowest BCUT2D eigenvalue weighted by Gasteiger charge is -2.36. The van der Waals surface area contributed by atoms with Crippen molar-refractivity contribution in [3.05, 3.63) is 69.0 Å². The van der Waals surface area contributed by atoms with E-state index in [9.17, 15) is 0 Å². The summed E-state index contributed by atoms with van der Waals surface area (Å²) in [5, 5.41) is 2.39. The van der Waals surface area contributed by atoms with Gasteiger partial charge in [-0.05, 0) is 55.9 Å². The molecule has 0 saturated heterocycles. The first-order valence-electron chi connectivity index (χ1n) is 10.8. The van der Waals surface area contributed by atoms with Gasteiger partial charge in [0, 0.05) is 22.0 Å². The number of aromatic nitrogens is 1. The first-order chi connectivity index (χ1) is 14.6. The molecule has 0 radical (unpaired) electrons. The van der Waals surface area contributed by atoms with Crippen molar-refractivity contribution in [2.75, 3.05) is 11.4 Å². The molecule has 3 aromatic rings. The van der Waals surface area contributed by atoms with Crippen LogP contribution in [0, 0.1) is 12.8 Å². The Labute approximate surface area is 193 Å². The van der Waals surface area contributed by atoms with E-state index in [2.05, 4.69) is 49.1 Å². The molecule has 5 heteroatoms. The van der Waals surface area contributed by atoms with Gasteiger partial charge in [0.1, 0.15) is 0 Å². The van der Waals surface area contributed by atoms with Crippen LogP contribution in [-0.4, -0.2) is 11.5 Å². The number of anilines is 1. The predicted octanol–water partition coefficient (Wildman–Crippen LogP) is 8.57. The van der Waals surface area contributed by atoms with E-state index in [0.29, 0.717) is 22.0 Å². The van der Waals surface area contributed by atoms with E-state index >= 15 is 0 Å². The number of benzene rings is 2. The van der Waals surface area contributed by atoms with Crippen molar-refractivity contribution in [1.29, 1.82) is 0 Å². The molecular formula is C25H28Cl2N2S. The smallest absolute Gasteiger partial charge is 0.186 e. The third kappa shape index (κ3) is 4.54. The number of hydrogen-bond donors (Lipinski definition) is 0. The fourth-order valence-corrected chi connectivity index (χ4v) is 6.14. The number of nitrogens with zero attached hydrogens (tertiary/aromatic N) is 2. The minimum atomic E-state index is 0.368. The Balaban J connectivity index is 1.76. The van der Waals surface area contributed by atoms with Gasteiger partial charge in [0.05, 0.1) is 16.8 Å². The van der Waals surface area contributed by atoms with Crippen molar-refractivity contribution in [3.8, 4) is 11.3 Å². The van der Waals surface area contributed by atoms with E-state index < -0.39 is 0 Å². The molecular weight excluding hydrogens is 431 g/mol. The molecule has 2 aromatic carbocycles. The summed E-state index contributed by atoms with van der Waals surface area (Å²) >= 11 is 14.4. The normalized spacial score (nSPS) is 15.5. The van der Waals surface area contributed by atoms with Gasteiger partial charge in [-0.1, -0.05) is 73.3 Å². The summed E-state index contributed by atoms with van der Waals surface area (Å²) in [6, 6.07) is 17.0. The molecule has 1 aliphatic rings. The van der Waals surface area contributed by atoms with Gasteiger partial charge >= 0.3 is 0 Å². The lowest BCUT2D eigenvalue weighted by molar-refractivity contribution is 0.412. The van der Waals surface area contributed by atoms with Crippen LogP contribution in [0.25, 0.3) is 11.3 Å². The minimum absolute atomic E-state index is 0.368. The number of halogens is 2. The monoisotopic (exact) mass is 458 g/mol. The zero-order chi connectivity index (χ0) is 21.1. The van der Waals surface area contributed by atoms with Gasteiger partial charge in [-0.3, -0.25) is 0 Å². The van der Waals surface area contributed by atoms with Crippen molar-refractivity contribution >= 4 is 39.7 Å². The van der Waals surface area contributed by atoms with Crippen molar-refractivity contribution in [3.63, 3.8) is 0 Å². The lowest BCUT2D eigenvalue weighted by Crippen LogP contribution is -2.33. The largest absolute Gasteiger partial charge is 0.341 e. The fraction of sp³-hybridized carbons (Fsp3) is 0.400. The molecule has 0 aliphatic heterocycles. The Morgan fingerprint density at radius 1 is 1.10 bits per heavy atom. The van der Waals surface area contributed by atoms with Gasteiger partial charge in [0.2, 0.25) is 0 Å². The highest BCUT2D eigenvalue weighted by atomic mass is 35.5. The Morgan fingerprint density at radius 2 is 1.83 bits per heavy atom. The average molecular weight is 459 g/mol. The molecule has 1 aliphatic carbocycles. The van der Waals surface area contributed by atoms with Crippen molar-refractivity contribution in [2.45, 2.75) is 52.0 Å². The molecule has 1 heterocycles. The van der Waals surface area contributed by atoms with Crippen LogP contribution in [0.1, 0.15) is 55.5 Å². The first-order valence-corrected chi connectivity index (χ1v) is 12.4. The van der Waals surface area contributed by atoms with Crippen molar-refractivity contribution in [2.24, 2.45) is 5.92 Å². The molecule has 1 unspecified atom stereocenters. The molecule has 0 N–H and O–H groups in total. The number of aryl methyl sites for hydroxylation is 1. The molecule has 2 nitrogen and oxygen atoms in total. The summed E-state index contributed by atoms with van der Waals surface area (Å²) in [6.45, 7) is 5.39. The summed E-state index contributed by atoms with van der Waals surface area (Å²) in [6.07, 6.45) is 6.33. The number of hydrogen-bond acceptors (Lipinski definition) is 3. The zero-order valence-electron chi connectivity index (χ0n) is 17.6. The van der Waals surface area contributed by atoms with Gasteiger partial charge in [-0.25, -0.2) is 4.98 Å². The van der Waals surface area contributed by atoms with Crippen LogP contribution in [0.15, 0.2) is 48.5 Å². The second kappa shape index (κ2) is 9.72. The van der Waals surface area contributed by atoms with Crippen LogP contribution in [0.4, 0.5) is 5.13 Å². The molecule has 30 heavy (non-hydrogen) atoms. The summed E-state index contributed by atoms with van der Waals surface area (Å²) in [5.41, 5.74) is 3.32. The molecule has 0 bridgehead atoms. The molecule has 4 rings (SSSR count). The van der Waals surface area contributed by atoms with E-state index in [1.54, 1.807) is 17.4 Å². The summed E-state index contributed by atoms with van der Waals surface area (Å²) < 4.78 is 0. The van der Waals surface area contributed by atoms with E-state index in [1.165, 1.54) is 36.1 Å². The SMILES string of the molecule is CCCN(c1nc(-c2ccc(Cl)cc2Cl)c(C)s1)C(c1ccccc1)C1CCCC1. The highest BCUT2D eigenvalue weighted by molar-refractivity contribution is 7.16. The maximum atomic E-state index is 6.51. The molecule has 0 spiro atoms. The Bertz CT molecular complexity index is 980. The first kappa shape index (κ1) is 21.7. The average Bonchev–Trinajstić information content (AvgIpc) is 3.39. The molecule has 1 fully saturated rings. The van der Waals surface area contributed by atoms with Crippen LogP contribution >= 0.6 is 34.5 Å². The van der Waals surface area contributed by atoms with Gasteiger partial charge in [-0.2, -0.15) is 0 Å². The highest BCUT2D eigenvalue weighted by Crippen LogP contribution is 2.44. The molecule has 1 aromatic heterocycles. The molecule has 1 saturated carbocycles. The Kier molecular flexibility index (Phi) is 7.02. The fourth-order valence-electron chi connectivity index (χ4n) is 4.66. The van der Waals surface area contributed by atoms with Crippen LogP contribution in [0.3, 0.4) is 0 Å². The van der Waals surface area contributed by atoms with Gasteiger partial charge in [0.15, 0.2) is 5.13 Å². The topological polar surface area (TPSA) is 16.1 Å². The van der Waals surface area contributed by atoms with E-state index in [0.717, 1.165) is 29.4 Å². The summed E-state index contributed by atoms with van der Waals surface area (Å²) in [5.74, 6) is 0.672. The molecule has 1 atom stereocenters. The minimum Gasteiger partial charge on any atom is -0.341 e. The van der Waals surface area contributed by atoms with Crippen LogP contribution in [0.2, 0.25) is 10.0 Å². The second-order valence-electron chi connectivity index (χ2n) is 8.12.